The molecule has 0 unspecified atom stereocenters. The normalized spacial score (nSPS) is 9.77. The van der Waals surface area contributed by atoms with Crippen molar-refractivity contribution >= 4 is 27.7 Å². The van der Waals surface area contributed by atoms with Gasteiger partial charge in [-0.3, -0.25) is 0 Å². The van der Waals surface area contributed by atoms with Gasteiger partial charge < -0.3 is 9.64 Å². The Morgan fingerprint density at radius 1 is 1.46 bits per heavy atom. The van der Waals surface area contributed by atoms with Gasteiger partial charge in [-0.25, -0.2) is 4.79 Å². The van der Waals surface area contributed by atoms with Crippen molar-refractivity contribution in [3.8, 4) is 0 Å². The minimum absolute atomic E-state index is 0.274. The molecule has 0 aliphatic carbocycles. The Hall–Kier alpha value is -0.0300. The molecule has 0 aromatic carbocycles. The van der Waals surface area contributed by atoms with Crippen molar-refractivity contribution < 1.29 is 9.53 Å². The number of ether oxygens (including phenoxy) is 1. The molecule has 0 saturated heterocycles. The zero-order chi connectivity index (χ0) is 10.1. The molecule has 0 aromatic heterocycles. The van der Waals surface area contributed by atoms with Crippen LogP contribution >= 0.6 is 21.6 Å². The van der Waals surface area contributed by atoms with Crippen LogP contribution in [0.2, 0.25) is 0 Å². The van der Waals surface area contributed by atoms with E-state index in [1.807, 2.05) is 0 Å². The molecule has 5 heteroatoms. The summed E-state index contributed by atoms with van der Waals surface area (Å²) in [5.74, 6) is 1.83. The van der Waals surface area contributed by atoms with Crippen molar-refractivity contribution in [2.75, 3.05) is 25.8 Å². The predicted octanol–water partition coefficient (Wildman–Crippen LogP) is 2.82. The van der Waals surface area contributed by atoms with E-state index in [-0.39, 0.29) is 6.09 Å². The second kappa shape index (κ2) is 8.56. The summed E-state index contributed by atoms with van der Waals surface area (Å²) >= 11 is 0. The lowest BCUT2D eigenvalue weighted by molar-refractivity contribution is 0.140. The van der Waals surface area contributed by atoms with Gasteiger partial charge in [-0.05, 0) is 6.42 Å². The first kappa shape index (κ1) is 13.0. The van der Waals surface area contributed by atoms with Crippen LogP contribution in [0, 0.1) is 0 Å². The van der Waals surface area contributed by atoms with E-state index in [0.29, 0.717) is 5.88 Å². The lowest BCUT2D eigenvalue weighted by atomic mass is 10.4. The summed E-state index contributed by atoms with van der Waals surface area (Å²) in [6, 6.07) is 0. The number of methoxy groups -OCH3 is 1. The average Bonchev–Trinajstić information content (AvgIpc) is 2.16. The van der Waals surface area contributed by atoms with Gasteiger partial charge in [-0.15, -0.1) is 0 Å². The summed E-state index contributed by atoms with van der Waals surface area (Å²) < 4.78 is 4.55. The predicted molar refractivity (Wildman–Crippen MR) is 60.0 cm³/mol. The second-order valence-electron chi connectivity index (χ2n) is 2.59. The second-order valence-corrected chi connectivity index (χ2v) is 5.14. The maximum atomic E-state index is 10.9. The van der Waals surface area contributed by atoms with Crippen molar-refractivity contribution in [1.29, 1.82) is 0 Å². The molecule has 0 aromatic rings. The first-order valence-electron chi connectivity index (χ1n) is 4.25. The van der Waals surface area contributed by atoms with E-state index in [1.165, 1.54) is 20.0 Å². The Morgan fingerprint density at radius 3 is 2.69 bits per heavy atom. The van der Waals surface area contributed by atoms with E-state index in [9.17, 15) is 4.79 Å². The molecular weight excluding hydrogens is 206 g/mol. The van der Waals surface area contributed by atoms with E-state index in [4.69, 9.17) is 0 Å². The van der Waals surface area contributed by atoms with E-state index < -0.39 is 0 Å². The Morgan fingerprint density at radius 2 is 2.15 bits per heavy atom. The van der Waals surface area contributed by atoms with Gasteiger partial charge in [0.05, 0.1) is 13.0 Å². The van der Waals surface area contributed by atoms with Gasteiger partial charge in [-0.1, -0.05) is 34.9 Å². The summed E-state index contributed by atoms with van der Waals surface area (Å²) in [5, 5.41) is 0. The summed E-state index contributed by atoms with van der Waals surface area (Å²) in [6.07, 6.45) is 2.18. The third-order valence-corrected chi connectivity index (χ3v) is 3.83. The molecular formula is C8H17NO2S2. The monoisotopic (exact) mass is 223 g/mol. The Balaban J connectivity index is 3.26. The molecule has 3 nitrogen and oxygen atoms in total. The van der Waals surface area contributed by atoms with Crippen LogP contribution in [-0.4, -0.2) is 36.8 Å². The molecule has 0 spiro atoms. The summed E-state index contributed by atoms with van der Waals surface area (Å²) in [6.45, 7) is 2.17. The fourth-order valence-corrected chi connectivity index (χ4v) is 2.85. The highest BCUT2D eigenvalue weighted by Crippen LogP contribution is 2.22. The van der Waals surface area contributed by atoms with E-state index in [2.05, 4.69) is 11.7 Å². The van der Waals surface area contributed by atoms with E-state index in [0.717, 1.165) is 5.75 Å². The SMILES string of the molecule is CCCCSSCN(C)C(=O)OC. The summed E-state index contributed by atoms with van der Waals surface area (Å²) in [4.78, 5) is 12.5. The molecule has 0 heterocycles. The molecule has 78 valence electrons. The highest BCUT2D eigenvalue weighted by molar-refractivity contribution is 8.76. The largest absolute Gasteiger partial charge is 0.453 e. The lowest BCUT2D eigenvalue weighted by Gasteiger charge is -2.13. The molecule has 0 saturated carbocycles. The van der Waals surface area contributed by atoms with Gasteiger partial charge >= 0.3 is 6.09 Å². The van der Waals surface area contributed by atoms with Crippen molar-refractivity contribution in [3.05, 3.63) is 0 Å². The van der Waals surface area contributed by atoms with Crippen LogP contribution in [0.5, 0.6) is 0 Å². The number of carbonyl (C=O) groups is 1. The fourth-order valence-electron chi connectivity index (χ4n) is 0.587. The van der Waals surface area contributed by atoms with Crippen LogP contribution in [0.4, 0.5) is 4.79 Å². The minimum Gasteiger partial charge on any atom is -0.453 e. The van der Waals surface area contributed by atoms with Gasteiger partial charge in [0.15, 0.2) is 0 Å². The molecule has 0 aliphatic heterocycles. The molecule has 0 aliphatic rings. The number of hydrogen-bond donors (Lipinski definition) is 0. The Bertz CT molecular complexity index is 144. The topological polar surface area (TPSA) is 29.5 Å². The zero-order valence-electron chi connectivity index (χ0n) is 8.41. The molecule has 1 amide bonds. The van der Waals surface area contributed by atoms with Crippen LogP contribution in [-0.2, 0) is 4.74 Å². The van der Waals surface area contributed by atoms with Crippen LogP contribution in [0.1, 0.15) is 19.8 Å². The number of hydrogen-bond acceptors (Lipinski definition) is 4. The van der Waals surface area contributed by atoms with E-state index >= 15 is 0 Å². The first-order chi connectivity index (χ1) is 6.22. The standard InChI is InChI=1S/C8H17NO2S2/c1-4-5-6-12-13-7-9(2)8(10)11-3/h4-7H2,1-3H3. The quantitative estimate of drug-likeness (QED) is 0.393. The zero-order valence-corrected chi connectivity index (χ0v) is 10.0. The molecule has 0 fully saturated rings. The molecule has 0 bridgehead atoms. The fraction of sp³-hybridized carbons (Fsp3) is 0.875. The van der Waals surface area contributed by atoms with Gasteiger partial charge in [0.1, 0.15) is 0 Å². The van der Waals surface area contributed by atoms with Crippen LogP contribution in [0.15, 0.2) is 0 Å². The number of nitrogens with zero attached hydrogens (tertiary/aromatic N) is 1. The maximum absolute atomic E-state index is 10.9. The number of carbonyl (C=O) groups excluding carboxylic acids is 1. The summed E-state index contributed by atoms with van der Waals surface area (Å²) in [5.41, 5.74) is 0. The van der Waals surface area contributed by atoms with Crippen molar-refractivity contribution in [2.24, 2.45) is 0 Å². The molecule has 13 heavy (non-hydrogen) atoms. The van der Waals surface area contributed by atoms with Crippen molar-refractivity contribution in [3.63, 3.8) is 0 Å². The maximum Gasteiger partial charge on any atom is 0.409 e. The van der Waals surface area contributed by atoms with Gasteiger partial charge in [0.25, 0.3) is 0 Å². The minimum atomic E-state index is -0.274. The number of amides is 1. The molecule has 0 rings (SSSR count). The third-order valence-electron chi connectivity index (χ3n) is 1.40. The molecule has 0 atom stereocenters. The highest BCUT2D eigenvalue weighted by atomic mass is 33.1. The lowest BCUT2D eigenvalue weighted by Crippen LogP contribution is -2.25. The van der Waals surface area contributed by atoms with Gasteiger partial charge in [-0.2, -0.15) is 0 Å². The van der Waals surface area contributed by atoms with E-state index in [1.54, 1.807) is 33.5 Å². The van der Waals surface area contributed by atoms with Crippen LogP contribution in [0.25, 0.3) is 0 Å². The van der Waals surface area contributed by atoms with Crippen molar-refractivity contribution in [1.82, 2.24) is 4.90 Å². The molecule has 0 N–H and O–H groups in total. The average molecular weight is 223 g/mol. The third kappa shape index (κ3) is 7.07. The number of unbranched alkanes of at least 4 members (excludes halogenated alkanes) is 1. The van der Waals surface area contributed by atoms with Gasteiger partial charge in [0, 0.05) is 12.8 Å². The first-order valence-corrected chi connectivity index (χ1v) is 6.74. The number of rotatable bonds is 6. The Labute approximate surface area is 88.0 Å². The van der Waals surface area contributed by atoms with Gasteiger partial charge in [0.2, 0.25) is 0 Å². The van der Waals surface area contributed by atoms with Crippen molar-refractivity contribution in [2.45, 2.75) is 19.8 Å². The smallest absolute Gasteiger partial charge is 0.409 e. The molecule has 0 radical (unpaired) electrons. The van der Waals surface area contributed by atoms with Crippen LogP contribution < -0.4 is 0 Å². The Kier molecular flexibility index (Phi) is 8.54. The van der Waals surface area contributed by atoms with Crippen LogP contribution in [0.3, 0.4) is 0 Å². The summed E-state index contributed by atoms with van der Waals surface area (Å²) in [7, 11) is 6.62. The highest BCUT2D eigenvalue weighted by Gasteiger charge is 2.06.